The predicted molar refractivity (Wildman–Crippen MR) is 117 cm³/mol. The molecule has 2 heteroatoms. The number of benzene rings is 4. The van der Waals surface area contributed by atoms with Crippen LogP contribution in [0.4, 0.5) is 0 Å². The Hall–Kier alpha value is -2.84. The van der Waals surface area contributed by atoms with Gasteiger partial charge in [-0.2, -0.15) is 0 Å². The van der Waals surface area contributed by atoms with Crippen LogP contribution in [-0.2, 0) is 4.74 Å². The van der Waals surface area contributed by atoms with Gasteiger partial charge in [0.25, 0.3) is 0 Å². The first-order valence-electron chi connectivity index (χ1n) is 9.91. The molecule has 0 spiro atoms. The molecular formula is C26H26O2. The summed E-state index contributed by atoms with van der Waals surface area (Å²) in [6.07, 6.45) is 0.647. The smallest absolute Gasteiger partial charge is 0.227 e. The van der Waals surface area contributed by atoms with Crippen LogP contribution in [0.2, 0.25) is 0 Å². The van der Waals surface area contributed by atoms with Gasteiger partial charge in [0.05, 0.1) is 0 Å². The molecule has 0 saturated heterocycles. The molecule has 0 aliphatic rings. The molecule has 0 aromatic heterocycles. The van der Waals surface area contributed by atoms with Gasteiger partial charge in [-0.25, -0.2) is 0 Å². The van der Waals surface area contributed by atoms with Gasteiger partial charge in [0.1, 0.15) is 5.75 Å². The first-order valence-corrected chi connectivity index (χ1v) is 9.91. The van der Waals surface area contributed by atoms with Crippen LogP contribution in [0.5, 0.6) is 5.75 Å². The molecule has 0 amide bonds. The summed E-state index contributed by atoms with van der Waals surface area (Å²) in [6.45, 7) is 4.46. The van der Waals surface area contributed by atoms with Gasteiger partial charge in [0.2, 0.25) is 6.29 Å². The van der Waals surface area contributed by atoms with Crippen LogP contribution < -0.4 is 4.74 Å². The Balaban J connectivity index is 1.78. The van der Waals surface area contributed by atoms with E-state index in [0.717, 1.165) is 28.5 Å². The number of rotatable bonds is 6. The van der Waals surface area contributed by atoms with Gasteiger partial charge in [-0.3, -0.25) is 0 Å². The molecule has 142 valence electrons. The molecule has 2 unspecified atom stereocenters. The summed E-state index contributed by atoms with van der Waals surface area (Å²) in [7, 11) is 1.70. The first kappa shape index (κ1) is 18.5. The van der Waals surface area contributed by atoms with E-state index in [-0.39, 0.29) is 0 Å². The van der Waals surface area contributed by atoms with Gasteiger partial charge >= 0.3 is 0 Å². The fourth-order valence-corrected chi connectivity index (χ4v) is 3.76. The summed E-state index contributed by atoms with van der Waals surface area (Å²) in [5, 5.41) is 4.69. The van der Waals surface area contributed by atoms with Gasteiger partial charge in [0.15, 0.2) is 0 Å². The van der Waals surface area contributed by atoms with Crippen molar-refractivity contribution in [3.05, 3.63) is 90.0 Å². The maximum Gasteiger partial charge on any atom is 0.227 e. The number of ether oxygens (including phenoxy) is 2. The van der Waals surface area contributed by atoms with Crippen molar-refractivity contribution in [3.8, 4) is 5.75 Å². The summed E-state index contributed by atoms with van der Waals surface area (Å²) < 4.78 is 12.1. The lowest BCUT2D eigenvalue weighted by Crippen LogP contribution is -2.11. The summed E-state index contributed by atoms with van der Waals surface area (Å²) in [4.78, 5) is 0. The van der Waals surface area contributed by atoms with E-state index < -0.39 is 6.29 Å². The third-order valence-electron chi connectivity index (χ3n) is 5.57. The highest BCUT2D eigenvalue weighted by atomic mass is 16.7. The Morgan fingerprint density at radius 1 is 0.786 bits per heavy atom. The molecule has 0 heterocycles. The van der Waals surface area contributed by atoms with Crippen molar-refractivity contribution in [2.24, 2.45) is 0 Å². The summed E-state index contributed by atoms with van der Waals surface area (Å²) in [5.41, 5.74) is 2.40. The van der Waals surface area contributed by atoms with Gasteiger partial charge < -0.3 is 9.47 Å². The maximum absolute atomic E-state index is 6.31. The monoisotopic (exact) mass is 370 g/mol. The van der Waals surface area contributed by atoms with Crippen LogP contribution in [0.1, 0.15) is 43.6 Å². The summed E-state index contributed by atoms with van der Waals surface area (Å²) >= 11 is 0. The van der Waals surface area contributed by atoms with Crippen LogP contribution >= 0.6 is 0 Å². The molecule has 0 aliphatic carbocycles. The topological polar surface area (TPSA) is 18.5 Å². The van der Waals surface area contributed by atoms with Gasteiger partial charge in [0, 0.05) is 12.7 Å². The largest absolute Gasteiger partial charge is 0.461 e. The second-order valence-electron chi connectivity index (χ2n) is 7.30. The van der Waals surface area contributed by atoms with Crippen molar-refractivity contribution >= 4 is 21.5 Å². The molecule has 2 nitrogen and oxygen atoms in total. The Morgan fingerprint density at radius 2 is 1.36 bits per heavy atom. The molecule has 4 aromatic carbocycles. The van der Waals surface area contributed by atoms with E-state index in [0.29, 0.717) is 5.92 Å². The minimum Gasteiger partial charge on any atom is -0.461 e. The van der Waals surface area contributed by atoms with Crippen molar-refractivity contribution < 1.29 is 9.47 Å². The zero-order valence-corrected chi connectivity index (χ0v) is 16.7. The van der Waals surface area contributed by atoms with E-state index in [1.165, 1.54) is 16.3 Å². The second kappa shape index (κ2) is 8.04. The average molecular weight is 370 g/mol. The second-order valence-corrected chi connectivity index (χ2v) is 7.30. The van der Waals surface area contributed by atoms with Crippen molar-refractivity contribution in [2.45, 2.75) is 32.5 Å². The van der Waals surface area contributed by atoms with Gasteiger partial charge in [-0.1, -0.05) is 74.5 Å². The van der Waals surface area contributed by atoms with Crippen LogP contribution in [0.3, 0.4) is 0 Å². The van der Waals surface area contributed by atoms with Crippen LogP contribution in [0, 0.1) is 0 Å². The van der Waals surface area contributed by atoms with E-state index in [1.807, 2.05) is 12.1 Å². The summed E-state index contributed by atoms with van der Waals surface area (Å²) in [6, 6.07) is 27.4. The van der Waals surface area contributed by atoms with Crippen molar-refractivity contribution in [1.29, 1.82) is 0 Å². The molecule has 0 aliphatic heterocycles. The van der Waals surface area contributed by atoms with Crippen molar-refractivity contribution in [2.75, 3.05) is 7.11 Å². The molecule has 0 radical (unpaired) electrons. The molecule has 4 rings (SSSR count). The molecule has 28 heavy (non-hydrogen) atoms. The lowest BCUT2D eigenvalue weighted by atomic mass is 9.96. The third kappa shape index (κ3) is 3.48. The fourth-order valence-electron chi connectivity index (χ4n) is 3.76. The number of fused-ring (bicyclic) bond motifs is 2. The molecule has 0 fully saturated rings. The SMILES string of the molecule is CCC(C)c1ccc(OC(OC)c2c3ccccc3cc3ccccc23)cc1. The highest BCUT2D eigenvalue weighted by Crippen LogP contribution is 2.35. The lowest BCUT2D eigenvalue weighted by Gasteiger charge is -2.22. The molecular weight excluding hydrogens is 344 g/mol. The van der Waals surface area contributed by atoms with Gasteiger partial charge in [-0.15, -0.1) is 0 Å². The van der Waals surface area contributed by atoms with E-state index >= 15 is 0 Å². The molecule has 4 aromatic rings. The Bertz CT molecular complexity index is 1030. The van der Waals surface area contributed by atoms with Gasteiger partial charge in [-0.05, 0) is 57.6 Å². The maximum atomic E-state index is 6.31. The van der Waals surface area contributed by atoms with Crippen molar-refractivity contribution in [3.63, 3.8) is 0 Å². The minimum absolute atomic E-state index is 0.481. The minimum atomic E-state index is -0.481. The molecule has 0 N–H and O–H groups in total. The van der Waals surface area contributed by atoms with E-state index in [9.17, 15) is 0 Å². The molecule has 0 saturated carbocycles. The first-order chi connectivity index (χ1) is 13.7. The van der Waals surface area contributed by atoms with Crippen molar-refractivity contribution in [1.82, 2.24) is 0 Å². The Kier molecular flexibility index (Phi) is 5.31. The number of hydrogen-bond donors (Lipinski definition) is 0. The average Bonchev–Trinajstić information content (AvgIpc) is 2.76. The lowest BCUT2D eigenvalue weighted by molar-refractivity contribution is -0.0541. The highest BCUT2D eigenvalue weighted by Gasteiger charge is 2.19. The standard InChI is InChI=1S/C26H26O2/c1-4-18(2)19-13-15-22(16-14-19)28-26(27-3)25-23-11-7-5-9-20(23)17-21-10-6-8-12-24(21)25/h5-18,26H,4H2,1-3H3. The van der Waals surface area contributed by atoms with E-state index in [2.05, 4.69) is 80.6 Å². The zero-order valence-electron chi connectivity index (χ0n) is 16.7. The quantitative estimate of drug-likeness (QED) is 0.263. The highest BCUT2D eigenvalue weighted by molar-refractivity contribution is 6.02. The Morgan fingerprint density at radius 3 is 1.89 bits per heavy atom. The molecule has 0 bridgehead atoms. The van der Waals surface area contributed by atoms with Crippen LogP contribution in [0.15, 0.2) is 78.9 Å². The van der Waals surface area contributed by atoms with E-state index in [4.69, 9.17) is 9.47 Å². The zero-order chi connectivity index (χ0) is 19.5. The number of hydrogen-bond acceptors (Lipinski definition) is 2. The van der Waals surface area contributed by atoms with Crippen LogP contribution in [0.25, 0.3) is 21.5 Å². The normalized spacial score (nSPS) is 13.5. The molecule has 2 atom stereocenters. The summed E-state index contributed by atoms with van der Waals surface area (Å²) in [5.74, 6) is 1.37. The number of methoxy groups -OCH3 is 1. The van der Waals surface area contributed by atoms with E-state index in [1.54, 1.807) is 7.11 Å². The van der Waals surface area contributed by atoms with Crippen LogP contribution in [-0.4, -0.2) is 7.11 Å². The third-order valence-corrected chi connectivity index (χ3v) is 5.57. The predicted octanol–water partition coefficient (Wildman–Crippen LogP) is 7.23. The Labute approximate surface area is 166 Å². The fraction of sp³-hybridized carbons (Fsp3) is 0.231.